The van der Waals surface area contributed by atoms with E-state index in [9.17, 15) is 14.3 Å². The number of carbonyl (C=O) groups is 1. The van der Waals surface area contributed by atoms with E-state index in [0.29, 0.717) is 42.7 Å². The van der Waals surface area contributed by atoms with Crippen molar-refractivity contribution >= 4 is 39.1 Å². The summed E-state index contributed by atoms with van der Waals surface area (Å²) >= 11 is 0. The van der Waals surface area contributed by atoms with E-state index in [2.05, 4.69) is 39.7 Å². The van der Waals surface area contributed by atoms with Crippen molar-refractivity contribution in [2.75, 3.05) is 38.2 Å². The number of pyridine rings is 1. The van der Waals surface area contributed by atoms with Gasteiger partial charge in [0.05, 0.1) is 34.3 Å². The van der Waals surface area contributed by atoms with Crippen LogP contribution >= 0.6 is 0 Å². The highest BCUT2D eigenvalue weighted by atomic mass is 19.1. The van der Waals surface area contributed by atoms with Crippen molar-refractivity contribution in [1.29, 1.82) is 5.41 Å². The first kappa shape index (κ1) is 38.8. The highest BCUT2D eigenvalue weighted by molar-refractivity contribution is 6.37. The molecule has 0 radical (unpaired) electrons. The molecule has 4 aromatic rings. The number of piperazine rings is 1. The van der Waals surface area contributed by atoms with Gasteiger partial charge >= 0.3 is 6.01 Å². The Hall–Kier alpha value is -4.89. The number of rotatable bonds is 10. The molecule has 5 heterocycles. The molecule has 54 heavy (non-hydrogen) atoms. The number of aromatic nitrogens is 3. The SMILES string of the molecule is C#Cc1c(F)ccc2cc(O)cc(-c3ncc4c(N5CC6CCC(C5)N6C(=O)C(=N)CC(C)C)nc(OC[C@]5(CCC)CCCN5C)nc4c3F)c12.CC. The van der Waals surface area contributed by atoms with Gasteiger partial charge in [-0.2, -0.15) is 9.97 Å². The highest BCUT2D eigenvalue weighted by Gasteiger charge is 2.45. The van der Waals surface area contributed by atoms with Crippen molar-refractivity contribution in [3.63, 3.8) is 0 Å². The van der Waals surface area contributed by atoms with Crippen molar-refractivity contribution in [3.8, 4) is 35.4 Å². The Morgan fingerprint density at radius 1 is 1.17 bits per heavy atom. The van der Waals surface area contributed by atoms with E-state index in [-0.39, 0.29) is 74.6 Å². The molecule has 2 unspecified atom stereocenters. The van der Waals surface area contributed by atoms with Gasteiger partial charge in [0.15, 0.2) is 5.82 Å². The molecule has 3 aliphatic heterocycles. The van der Waals surface area contributed by atoms with Crippen LogP contribution in [0.4, 0.5) is 14.6 Å². The summed E-state index contributed by atoms with van der Waals surface area (Å²) in [5.41, 5.74) is -0.193. The first-order valence-corrected chi connectivity index (χ1v) is 19.2. The molecule has 0 spiro atoms. The van der Waals surface area contributed by atoms with Gasteiger partial charge in [-0.05, 0) is 81.6 Å². The largest absolute Gasteiger partial charge is 0.508 e. The zero-order chi connectivity index (χ0) is 38.9. The van der Waals surface area contributed by atoms with Crippen molar-refractivity contribution in [2.45, 2.75) is 97.2 Å². The minimum absolute atomic E-state index is 0.0232. The van der Waals surface area contributed by atoms with E-state index in [1.54, 1.807) is 0 Å². The van der Waals surface area contributed by atoms with Gasteiger partial charge in [-0.3, -0.25) is 20.1 Å². The van der Waals surface area contributed by atoms with Crippen LogP contribution in [0.5, 0.6) is 11.8 Å². The average Bonchev–Trinajstić information content (AvgIpc) is 3.64. The Bertz CT molecular complexity index is 2100. The molecule has 286 valence electrons. The molecule has 2 N–H and O–H groups in total. The number of hydrogen-bond donors (Lipinski definition) is 2. The number of benzene rings is 2. The Kier molecular flexibility index (Phi) is 11.4. The third kappa shape index (κ3) is 7.06. The fourth-order valence-electron chi connectivity index (χ4n) is 8.63. The predicted octanol–water partition coefficient (Wildman–Crippen LogP) is 7.73. The van der Waals surface area contributed by atoms with Gasteiger partial charge in [0.1, 0.15) is 35.2 Å². The van der Waals surface area contributed by atoms with Crippen LogP contribution in [-0.4, -0.2) is 92.4 Å². The Labute approximate surface area is 316 Å². The summed E-state index contributed by atoms with van der Waals surface area (Å²) in [7, 11) is 2.10. The second-order valence-electron chi connectivity index (χ2n) is 15.0. The number of halogens is 2. The van der Waals surface area contributed by atoms with Crippen molar-refractivity contribution in [3.05, 3.63) is 47.7 Å². The number of amides is 1. The first-order valence-electron chi connectivity index (χ1n) is 19.2. The van der Waals surface area contributed by atoms with Crippen LogP contribution in [-0.2, 0) is 4.79 Å². The van der Waals surface area contributed by atoms with Crippen LogP contribution < -0.4 is 9.64 Å². The lowest BCUT2D eigenvalue weighted by Gasteiger charge is -2.42. The molecule has 2 aromatic carbocycles. The van der Waals surface area contributed by atoms with E-state index in [1.807, 2.05) is 32.6 Å². The second-order valence-corrected chi connectivity index (χ2v) is 15.0. The summed E-state index contributed by atoms with van der Waals surface area (Å²) in [4.78, 5) is 33.7. The summed E-state index contributed by atoms with van der Waals surface area (Å²) in [6.45, 7) is 12.3. The van der Waals surface area contributed by atoms with Crippen LogP contribution in [0.2, 0.25) is 0 Å². The minimum atomic E-state index is -0.787. The molecular formula is C42H51F2N7O3. The monoisotopic (exact) mass is 739 g/mol. The fourth-order valence-corrected chi connectivity index (χ4v) is 8.63. The normalized spacial score (nSPS) is 21.0. The van der Waals surface area contributed by atoms with E-state index >= 15 is 4.39 Å². The van der Waals surface area contributed by atoms with Crippen molar-refractivity contribution in [1.82, 2.24) is 24.8 Å². The number of anilines is 1. The van der Waals surface area contributed by atoms with E-state index in [4.69, 9.17) is 21.6 Å². The van der Waals surface area contributed by atoms with Gasteiger partial charge in [0, 0.05) is 30.2 Å². The summed E-state index contributed by atoms with van der Waals surface area (Å²) in [6, 6.07) is 5.22. The molecule has 2 aromatic heterocycles. The standard InChI is InChI=1S/C40H45F2N7O3.C2H6/c1-6-13-40(14-8-15-47(40)5)22-52-39-45-36-30(37(46-39)48-20-25-10-11-26(21-48)49(25)38(51)32(43)16-23(3)4)19-44-35(34(36)42)29-18-27(50)17-24-9-12-31(41)28(7-2)33(24)29;1-2/h2,9,12,17-19,23,25-26,43,50H,6,8,10-11,13-16,20-22H2,1,3-5H3;1-2H3/t25?,26?,40-;/m0./s1. The molecule has 2 bridgehead atoms. The number of nitrogens with zero attached hydrogens (tertiary/aromatic N) is 6. The lowest BCUT2D eigenvalue weighted by Crippen LogP contribution is -2.57. The van der Waals surface area contributed by atoms with Crippen molar-refractivity contribution < 1.29 is 23.4 Å². The molecule has 3 atom stereocenters. The lowest BCUT2D eigenvalue weighted by molar-refractivity contribution is -0.127. The number of carbonyl (C=O) groups excluding carboxylic acids is 1. The minimum Gasteiger partial charge on any atom is -0.508 e. The lowest BCUT2D eigenvalue weighted by atomic mass is 9.92. The number of phenolic OH excluding ortho intramolecular Hbond substituents is 1. The summed E-state index contributed by atoms with van der Waals surface area (Å²) in [5, 5.41) is 20.1. The third-order valence-electron chi connectivity index (χ3n) is 11.1. The fraction of sp³-hybridized carbons (Fsp3) is 0.500. The molecule has 12 heteroatoms. The molecule has 3 fully saturated rings. The predicted molar refractivity (Wildman–Crippen MR) is 209 cm³/mol. The Balaban J connectivity index is 0.00000245. The summed E-state index contributed by atoms with van der Waals surface area (Å²) in [5.74, 6) is 1.21. The molecule has 10 nitrogen and oxygen atoms in total. The number of ether oxygens (including phenoxy) is 1. The Morgan fingerprint density at radius 3 is 2.52 bits per heavy atom. The summed E-state index contributed by atoms with van der Waals surface area (Å²) < 4.78 is 38.4. The molecular weight excluding hydrogens is 689 g/mol. The molecule has 0 aliphatic carbocycles. The number of nitrogens with one attached hydrogen (secondary N) is 1. The van der Waals surface area contributed by atoms with Crippen LogP contribution in [0.15, 0.2) is 30.5 Å². The number of likely N-dealkylation sites (N-methyl/N-ethyl adjacent to an activating group) is 1. The summed E-state index contributed by atoms with van der Waals surface area (Å²) in [6.07, 6.45) is 13.1. The zero-order valence-corrected chi connectivity index (χ0v) is 32.2. The van der Waals surface area contributed by atoms with E-state index < -0.39 is 11.6 Å². The number of likely N-dealkylation sites (tertiary alicyclic amines) is 1. The molecule has 0 saturated carbocycles. The van der Waals surface area contributed by atoms with E-state index in [0.717, 1.165) is 45.1 Å². The zero-order valence-electron chi connectivity index (χ0n) is 32.2. The van der Waals surface area contributed by atoms with Crippen LogP contribution in [0.1, 0.15) is 85.1 Å². The first-order chi connectivity index (χ1) is 25.9. The van der Waals surface area contributed by atoms with Crippen LogP contribution in [0.3, 0.4) is 0 Å². The van der Waals surface area contributed by atoms with Crippen LogP contribution in [0, 0.1) is 35.3 Å². The third-order valence-corrected chi connectivity index (χ3v) is 11.1. The number of phenols is 1. The quantitative estimate of drug-likeness (QED) is 0.125. The maximum Gasteiger partial charge on any atom is 0.319 e. The van der Waals surface area contributed by atoms with Gasteiger partial charge in [-0.15, -0.1) is 6.42 Å². The van der Waals surface area contributed by atoms with Gasteiger partial charge in [-0.1, -0.05) is 53.0 Å². The van der Waals surface area contributed by atoms with Gasteiger partial charge in [0.2, 0.25) is 0 Å². The maximum atomic E-state index is 17.1. The number of fused-ring (bicyclic) bond motifs is 4. The van der Waals surface area contributed by atoms with Gasteiger partial charge in [-0.25, -0.2) is 8.78 Å². The van der Waals surface area contributed by atoms with Crippen LogP contribution in [0.25, 0.3) is 32.9 Å². The van der Waals surface area contributed by atoms with Gasteiger partial charge < -0.3 is 19.6 Å². The average molecular weight is 740 g/mol. The molecule has 3 saturated heterocycles. The van der Waals surface area contributed by atoms with Gasteiger partial charge in [0.25, 0.3) is 5.91 Å². The maximum absolute atomic E-state index is 17.1. The number of terminal acetylenes is 1. The number of aromatic hydroxyl groups is 1. The van der Waals surface area contributed by atoms with Crippen molar-refractivity contribution in [2.24, 2.45) is 5.92 Å². The van der Waals surface area contributed by atoms with E-state index in [1.165, 1.54) is 30.5 Å². The smallest absolute Gasteiger partial charge is 0.319 e. The second kappa shape index (κ2) is 15.8. The topological polar surface area (TPSA) is 119 Å². The molecule has 1 amide bonds. The highest BCUT2D eigenvalue weighted by Crippen LogP contribution is 2.41. The molecule has 3 aliphatic rings. The molecule has 7 rings (SSSR count). The Morgan fingerprint density at radius 2 is 1.89 bits per heavy atom. The number of hydrogen-bond acceptors (Lipinski definition) is 9.